The molecule has 2 N–H and O–H groups in total. The average molecular weight is 480 g/mol. The van der Waals surface area contributed by atoms with E-state index in [2.05, 4.69) is 52.1 Å². The van der Waals surface area contributed by atoms with Crippen LogP contribution in [0.25, 0.3) is 11.0 Å². The molecule has 7 nitrogen and oxygen atoms in total. The minimum Gasteiger partial charge on any atom is -0.391 e. The average Bonchev–Trinajstić information content (AvgIpc) is 3.40. The molecule has 0 amide bonds. The lowest BCUT2D eigenvalue weighted by Crippen LogP contribution is -2.41. The summed E-state index contributed by atoms with van der Waals surface area (Å²) in [7, 11) is 0. The first-order chi connectivity index (χ1) is 16.6. The van der Waals surface area contributed by atoms with E-state index in [-0.39, 0.29) is 17.7 Å². The molecule has 180 valence electrons. The second-order valence-corrected chi connectivity index (χ2v) is 11.1. The molecule has 3 atom stereocenters. The molecule has 0 spiro atoms. The summed E-state index contributed by atoms with van der Waals surface area (Å²) >= 11 is 1.73. The molecule has 34 heavy (non-hydrogen) atoms. The first kappa shape index (κ1) is 22.2. The molecule has 2 aromatic rings. The van der Waals surface area contributed by atoms with Gasteiger partial charge in [-0.25, -0.2) is 4.98 Å². The number of aromatic nitrogens is 2. The summed E-state index contributed by atoms with van der Waals surface area (Å²) in [5.41, 5.74) is 4.62. The molecule has 4 aliphatic rings. The molecule has 1 aromatic carbocycles. The molecule has 1 unspecified atom stereocenters. The number of nitrogens with one attached hydrogen (secondary N) is 1. The van der Waals surface area contributed by atoms with Crippen LogP contribution in [0.1, 0.15) is 39.0 Å². The van der Waals surface area contributed by atoms with Crippen molar-refractivity contribution < 1.29 is 9.84 Å². The molecule has 3 heterocycles. The number of benzene rings is 1. The molecule has 8 heteroatoms. The Balaban J connectivity index is 1.18. The maximum Gasteiger partial charge on any atom is 0.162 e. The summed E-state index contributed by atoms with van der Waals surface area (Å²) in [4.78, 5) is 13.3. The predicted octanol–water partition coefficient (Wildman–Crippen LogP) is 3.84. The van der Waals surface area contributed by atoms with Gasteiger partial charge in [-0.3, -0.25) is 4.99 Å². The van der Waals surface area contributed by atoms with Gasteiger partial charge in [0, 0.05) is 30.2 Å². The number of amidine groups is 1. The van der Waals surface area contributed by atoms with Gasteiger partial charge in [-0.15, -0.1) is 0 Å². The van der Waals surface area contributed by atoms with Crippen molar-refractivity contribution in [1.29, 1.82) is 0 Å². The van der Waals surface area contributed by atoms with Crippen LogP contribution in [-0.2, 0) is 11.3 Å². The highest BCUT2D eigenvalue weighted by molar-refractivity contribution is 8.17. The van der Waals surface area contributed by atoms with Crippen LogP contribution < -0.4 is 10.2 Å². The van der Waals surface area contributed by atoms with E-state index < -0.39 is 0 Å². The SMILES string of the molecule is CC12CC=C(Cn3cnc4cc(N5CCOCC5)ccc43)C=C1SC(=N[C@@H]1CCCC[C@H]1O)N2. The number of hydrogen-bond acceptors (Lipinski definition) is 6. The number of ether oxygens (including phenoxy) is 1. The summed E-state index contributed by atoms with van der Waals surface area (Å²) in [6.45, 7) is 6.49. The molecule has 6 rings (SSSR count). The zero-order valence-corrected chi connectivity index (χ0v) is 20.6. The molecule has 2 aliphatic carbocycles. The van der Waals surface area contributed by atoms with E-state index in [9.17, 15) is 5.11 Å². The third-order valence-corrected chi connectivity index (χ3v) is 8.72. The summed E-state index contributed by atoms with van der Waals surface area (Å²) < 4.78 is 7.73. The van der Waals surface area contributed by atoms with Gasteiger partial charge < -0.3 is 24.6 Å². The zero-order chi connectivity index (χ0) is 23.1. The third kappa shape index (κ3) is 4.27. The summed E-state index contributed by atoms with van der Waals surface area (Å²) in [5, 5.41) is 14.9. The largest absolute Gasteiger partial charge is 0.391 e. The first-order valence-electron chi connectivity index (χ1n) is 12.5. The number of nitrogens with zero attached hydrogens (tertiary/aromatic N) is 4. The number of imidazole rings is 1. The van der Waals surface area contributed by atoms with Crippen LogP contribution >= 0.6 is 11.8 Å². The number of anilines is 1. The molecule has 2 saturated heterocycles. The third-order valence-electron chi connectivity index (χ3n) is 7.53. The van der Waals surface area contributed by atoms with E-state index in [4.69, 9.17) is 14.7 Å². The Morgan fingerprint density at radius 3 is 2.97 bits per heavy atom. The minimum absolute atomic E-state index is 0.0280. The number of allylic oxidation sites excluding steroid dienone is 2. The van der Waals surface area contributed by atoms with Gasteiger partial charge in [0.05, 0.1) is 48.3 Å². The fourth-order valence-corrected chi connectivity index (χ4v) is 6.64. The number of rotatable bonds is 4. The highest BCUT2D eigenvalue weighted by Crippen LogP contribution is 2.42. The Bertz CT molecular complexity index is 1170. The molecule has 2 aliphatic heterocycles. The maximum atomic E-state index is 10.3. The van der Waals surface area contributed by atoms with E-state index in [1.165, 1.54) is 16.2 Å². The Morgan fingerprint density at radius 1 is 1.26 bits per heavy atom. The molecule has 0 radical (unpaired) electrons. The van der Waals surface area contributed by atoms with Gasteiger partial charge in [-0.05, 0) is 56.0 Å². The second kappa shape index (κ2) is 9.06. The van der Waals surface area contributed by atoms with Crippen molar-refractivity contribution in [3.05, 3.63) is 47.2 Å². The van der Waals surface area contributed by atoms with Crippen LogP contribution in [-0.4, -0.2) is 63.8 Å². The molecule has 1 aromatic heterocycles. The van der Waals surface area contributed by atoms with E-state index >= 15 is 0 Å². The maximum absolute atomic E-state index is 10.3. The quantitative estimate of drug-likeness (QED) is 0.694. The lowest BCUT2D eigenvalue weighted by Gasteiger charge is -2.29. The standard InChI is InChI=1S/C26H33N5O2S/c1-26-9-8-18(14-24(26)34-25(29-26)28-20-4-2-3-5-23(20)32)16-31-17-27-21-15-19(6-7-22(21)31)30-10-12-33-13-11-30/h6-8,14-15,17,20,23,32H,2-5,9-13,16H2,1H3,(H,28,29)/t20-,23-,26?/m1/s1. The van der Waals surface area contributed by atoms with Crippen LogP contribution in [0.3, 0.4) is 0 Å². The van der Waals surface area contributed by atoms with Gasteiger partial charge in [-0.2, -0.15) is 0 Å². The molecule has 1 saturated carbocycles. The van der Waals surface area contributed by atoms with E-state index in [1.54, 1.807) is 11.8 Å². The predicted molar refractivity (Wildman–Crippen MR) is 138 cm³/mol. The van der Waals surface area contributed by atoms with Gasteiger partial charge in [-0.1, -0.05) is 30.7 Å². The van der Waals surface area contributed by atoms with Crippen LogP contribution in [0.5, 0.6) is 0 Å². The van der Waals surface area contributed by atoms with Crippen molar-refractivity contribution in [2.24, 2.45) is 4.99 Å². The number of aliphatic imine (C=N–C) groups is 1. The van der Waals surface area contributed by atoms with Crippen molar-refractivity contribution in [1.82, 2.24) is 14.9 Å². The van der Waals surface area contributed by atoms with Crippen molar-refractivity contribution >= 4 is 33.7 Å². The van der Waals surface area contributed by atoms with Crippen LogP contribution in [0.2, 0.25) is 0 Å². The lowest BCUT2D eigenvalue weighted by molar-refractivity contribution is 0.109. The van der Waals surface area contributed by atoms with Crippen molar-refractivity contribution in [3.63, 3.8) is 0 Å². The summed E-state index contributed by atoms with van der Waals surface area (Å²) in [6, 6.07) is 6.62. The Kier molecular flexibility index (Phi) is 5.91. The number of thioether (sulfide) groups is 1. The van der Waals surface area contributed by atoms with Gasteiger partial charge in [0.15, 0.2) is 5.17 Å². The van der Waals surface area contributed by atoms with Gasteiger partial charge in [0.2, 0.25) is 0 Å². The topological polar surface area (TPSA) is 74.9 Å². The van der Waals surface area contributed by atoms with Crippen LogP contribution in [0, 0.1) is 0 Å². The molecular weight excluding hydrogens is 446 g/mol. The normalized spacial score (nSPS) is 30.8. The summed E-state index contributed by atoms with van der Waals surface area (Å²) in [6.07, 6.45) is 11.3. The fraction of sp³-hybridized carbons (Fsp3) is 0.538. The van der Waals surface area contributed by atoms with Crippen molar-refractivity contribution in [2.75, 3.05) is 31.2 Å². The molecule has 3 fully saturated rings. The lowest BCUT2D eigenvalue weighted by atomic mass is 9.90. The number of aliphatic hydroxyl groups is 1. The number of aliphatic hydroxyl groups excluding tert-OH is 1. The fourth-order valence-electron chi connectivity index (χ4n) is 5.40. The molecule has 0 bridgehead atoms. The Labute approximate surface area is 205 Å². The highest BCUT2D eigenvalue weighted by atomic mass is 32.2. The number of morpholine rings is 1. The van der Waals surface area contributed by atoms with Gasteiger partial charge in [0.1, 0.15) is 0 Å². The minimum atomic E-state index is -0.306. The van der Waals surface area contributed by atoms with Crippen LogP contribution in [0.4, 0.5) is 5.69 Å². The first-order valence-corrected chi connectivity index (χ1v) is 13.3. The smallest absolute Gasteiger partial charge is 0.162 e. The Morgan fingerprint density at radius 2 is 2.12 bits per heavy atom. The molecular formula is C26H33N5O2S. The monoisotopic (exact) mass is 479 g/mol. The zero-order valence-electron chi connectivity index (χ0n) is 19.7. The van der Waals surface area contributed by atoms with E-state index in [0.29, 0.717) is 0 Å². The van der Waals surface area contributed by atoms with Gasteiger partial charge >= 0.3 is 0 Å². The number of hydrogen-bond donors (Lipinski definition) is 2. The van der Waals surface area contributed by atoms with Crippen LogP contribution in [0.15, 0.2) is 52.1 Å². The van der Waals surface area contributed by atoms with E-state index in [1.807, 2.05) is 6.33 Å². The number of fused-ring (bicyclic) bond motifs is 2. The second-order valence-electron chi connectivity index (χ2n) is 10.0. The van der Waals surface area contributed by atoms with Crippen molar-refractivity contribution in [2.45, 2.75) is 63.3 Å². The van der Waals surface area contributed by atoms with Gasteiger partial charge in [0.25, 0.3) is 0 Å². The highest BCUT2D eigenvalue weighted by Gasteiger charge is 2.39. The van der Waals surface area contributed by atoms with Crippen molar-refractivity contribution in [3.8, 4) is 0 Å². The Hall–Kier alpha value is -2.29. The summed E-state index contributed by atoms with van der Waals surface area (Å²) in [5.74, 6) is 0. The van der Waals surface area contributed by atoms with E-state index in [0.717, 1.165) is 81.2 Å².